The largest absolute Gasteiger partial charge is 0.436 e. The number of nitrogens with zero attached hydrogens (tertiary/aromatic N) is 3. The number of aromatic nitrogens is 3. The molecule has 2 N–H and O–H groups in total. The van der Waals surface area contributed by atoms with Crippen LogP contribution >= 0.6 is 0 Å². The second-order valence-electron chi connectivity index (χ2n) is 4.24. The van der Waals surface area contributed by atoms with Crippen molar-refractivity contribution in [2.45, 2.75) is 0 Å². The lowest BCUT2D eigenvalue weighted by molar-refractivity contribution is 0.427. The highest BCUT2D eigenvalue weighted by atomic mass is 19.1. The number of rotatable bonds is 3. The number of nitrogen functional groups attached to an aromatic ring is 1. The van der Waals surface area contributed by atoms with E-state index in [0.717, 1.165) is 5.56 Å². The van der Waals surface area contributed by atoms with Gasteiger partial charge in [-0.15, -0.1) is 0 Å². The minimum absolute atomic E-state index is 0.125. The van der Waals surface area contributed by atoms with Crippen LogP contribution in [0.1, 0.15) is 0 Å². The van der Waals surface area contributed by atoms with Gasteiger partial charge in [0.05, 0.1) is 0 Å². The van der Waals surface area contributed by atoms with Crippen molar-refractivity contribution in [2.24, 2.45) is 0 Å². The Kier molecular flexibility index (Phi) is 3.42. The normalized spacial score (nSPS) is 10.3. The third-order valence-electron chi connectivity index (χ3n) is 2.84. The number of pyridine rings is 1. The number of anilines is 1. The van der Waals surface area contributed by atoms with E-state index in [1.54, 1.807) is 36.7 Å². The summed E-state index contributed by atoms with van der Waals surface area (Å²) < 4.78 is 18.9. The molecule has 0 radical (unpaired) electrons. The third-order valence-corrected chi connectivity index (χ3v) is 2.84. The second kappa shape index (κ2) is 5.54. The zero-order valence-corrected chi connectivity index (χ0v) is 10.9. The Morgan fingerprint density at radius 3 is 2.57 bits per heavy atom. The standard InChI is InChI=1S/C15H11FN4O/c16-12-3-1-2-4-13(12)21-14-6-5-10(7-19-14)11-8-18-9-20-15(11)17/h1-9H,(H2,17,18,20). The van der Waals surface area contributed by atoms with Crippen LogP contribution in [0.3, 0.4) is 0 Å². The third kappa shape index (κ3) is 2.79. The van der Waals surface area contributed by atoms with Crippen LogP contribution in [0.15, 0.2) is 55.1 Å². The molecule has 2 heterocycles. The van der Waals surface area contributed by atoms with Crippen LogP contribution in [-0.4, -0.2) is 15.0 Å². The number of para-hydroxylation sites is 1. The summed E-state index contributed by atoms with van der Waals surface area (Å²) in [7, 11) is 0. The van der Waals surface area contributed by atoms with Crippen LogP contribution in [0.5, 0.6) is 11.6 Å². The van der Waals surface area contributed by atoms with Crippen molar-refractivity contribution >= 4 is 5.82 Å². The van der Waals surface area contributed by atoms with Gasteiger partial charge in [0.15, 0.2) is 11.6 Å². The first kappa shape index (κ1) is 13.0. The van der Waals surface area contributed by atoms with Crippen LogP contribution < -0.4 is 10.5 Å². The van der Waals surface area contributed by atoms with E-state index in [4.69, 9.17) is 10.5 Å². The maximum atomic E-state index is 13.5. The van der Waals surface area contributed by atoms with Crippen LogP contribution in [0, 0.1) is 5.82 Å². The zero-order valence-electron chi connectivity index (χ0n) is 10.9. The van der Waals surface area contributed by atoms with Gasteiger partial charge in [-0.3, -0.25) is 0 Å². The van der Waals surface area contributed by atoms with Gasteiger partial charge in [-0.2, -0.15) is 0 Å². The molecule has 0 aliphatic carbocycles. The fraction of sp³-hybridized carbons (Fsp3) is 0. The summed E-state index contributed by atoms with van der Waals surface area (Å²) in [4.78, 5) is 12.0. The predicted molar refractivity (Wildman–Crippen MR) is 76.1 cm³/mol. The van der Waals surface area contributed by atoms with E-state index in [-0.39, 0.29) is 5.75 Å². The van der Waals surface area contributed by atoms with Crippen molar-refractivity contribution in [3.63, 3.8) is 0 Å². The molecule has 21 heavy (non-hydrogen) atoms. The predicted octanol–water partition coefficient (Wildman–Crippen LogP) is 3.05. The highest BCUT2D eigenvalue weighted by Gasteiger charge is 2.07. The van der Waals surface area contributed by atoms with E-state index in [2.05, 4.69) is 15.0 Å². The summed E-state index contributed by atoms with van der Waals surface area (Å²) in [5.41, 5.74) is 7.22. The fourth-order valence-electron chi connectivity index (χ4n) is 1.80. The average molecular weight is 282 g/mol. The van der Waals surface area contributed by atoms with Gasteiger partial charge in [0.2, 0.25) is 5.88 Å². The number of benzene rings is 1. The number of ether oxygens (including phenoxy) is 1. The lowest BCUT2D eigenvalue weighted by Gasteiger charge is -2.07. The smallest absolute Gasteiger partial charge is 0.219 e. The van der Waals surface area contributed by atoms with E-state index < -0.39 is 5.82 Å². The summed E-state index contributed by atoms with van der Waals surface area (Å²) >= 11 is 0. The number of hydrogen-bond donors (Lipinski definition) is 1. The first-order chi connectivity index (χ1) is 10.2. The first-order valence-electron chi connectivity index (χ1n) is 6.18. The van der Waals surface area contributed by atoms with Gasteiger partial charge in [0.1, 0.15) is 12.1 Å². The molecule has 5 nitrogen and oxygen atoms in total. The average Bonchev–Trinajstić information content (AvgIpc) is 2.51. The lowest BCUT2D eigenvalue weighted by Crippen LogP contribution is -1.95. The number of halogens is 1. The van der Waals surface area contributed by atoms with E-state index in [9.17, 15) is 4.39 Å². The molecule has 0 amide bonds. The number of nitrogens with two attached hydrogens (primary N) is 1. The van der Waals surface area contributed by atoms with E-state index >= 15 is 0 Å². The Morgan fingerprint density at radius 1 is 1.00 bits per heavy atom. The molecule has 6 heteroatoms. The van der Waals surface area contributed by atoms with Gasteiger partial charge < -0.3 is 10.5 Å². The molecule has 3 rings (SSSR count). The maximum absolute atomic E-state index is 13.5. The van der Waals surface area contributed by atoms with Crippen LogP contribution in [-0.2, 0) is 0 Å². The Labute approximate surface area is 120 Å². The summed E-state index contributed by atoms with van der Waals surface area (Å²) in [5, 5.41) is 0. The van der Waals surface area contributed by atoms with Crippen LogP contribution in [0.4, 0.5) is 10.2 Å². The molecule has 0 fully saturated rings. The van der Waals surface area contributed by atoms with Gasteiger partial charge >= 0.3 is 0 Å². The molecule has 1 aromatic carbocycles. The van der Waals surface area contributed by atoms with Crippen molar-refractivity contribution in [1.29, 1.82) is 0 Å². The van der Waals surface area contributed by atoms with Crippen LogP contribution in [0.2, 0.25) is 0 Å². The fourth-order valence-corrected chi connectivity index (χ4v) is 1.80. The Hall–Kier alpha value is -3.02. The molecule has 0 unspecified atom stereocenters. The SMILES string of the molecule is Nc1ncncc1-c1ccc(Oc2ccccc2F)nc1. The van der Waals surface area contributed by atoms with E-state index in [1.807, 2.05) is 0 Å². The van der Waals surface area contributed by atoms with Gasteiger partial charge in [0, 0.05) is 29.6 Å². The molecular formula is C15H11FN4O. The topological polar surface area (TPSA) is 73.9 Å². The van der Waals surface area contributed by atoms with Crippen molar-refractivity contribution < 1.29 is 9.13 Å². The molecule has 104 valence electrons. The summed E-state index contributed by atoms with van der Waals surface area (Å²) in [5.74, 6) is 0.346. The lowest BCUT2D eigenvalue weighted by atomic mass is 10.1. The van der Waals surface area contributed by atoms with Crippen LogP contribution in [0.25, 0.3) is 11.1 Å². The minimum atomic E-state index is -0.441. The minimum Gasteiger partial charge on any atom is -0.436 e. The Morgan fingerprint density at radius 2 is 1.86 bits per heavy atom. The van der Waals surface area contributed by atoms with Gasteiger partial charge in [0.25, 0.3) is 0 Å². The summed E-state index contributed by atoms with van der Waals surface area (Å²) in [6.45, 7) is 0. The van der Waals surface area contributed by atoms with Crippen molar-refractivity contribution in [2.75, 3.05) is 5.73 Å². The molecular weight excluding hydrogens is 271 g/mol. The Bertz CT molecular complexity index is 762. The zero-order chi connectivity index (χ0) is 14.7. The number of hydrogen-bond acceptors (Lipinski definition) is 5. The molecule has 0 saturated carbocycles. The second-order valence-corrected chi connectivity index (χ2v) is 4.24. The molecule has 0 aliphatic rings. The van der Waals surface area contributed by atoms with Crippen molar-refractivity contribution in [3.8, 4) is 22.8 Å². The monoisotopic (exact) mass is 282 g/mol. The highest BCUT2D eigenvalue weighted by Crippen LogP contribution is 2.26. The first-order valence-corrected chi connectivity index (χ1v) is 6.18. The summed E-state index contributed by atoms with van der Waals surface area (Å²) in [6.07, 6.45) is 4.56. The van der Waals surface area contributed by atoms with Crippen molar-refractivity contribution in [3.05, 3.63) is 60.9 Å². The molecule has 2 aromatic heterocycles. The van der Waals surface area contributed by atoms with Gasteiger partial charge in [-0.05, 0) is 18.2 Å². The summed E-state index contributed by atoms with van der Waals surface area (Å²) in [6, 6.07) is 9.54. The molecule has 0 spiro atoms. The van der Waals surface area contributed by atoms with Gasteiger partial charge in [-0.1, -0.05) is 12.1 Å². The highest BCUT2D eigenvalue weighted by molar-refractivity contribution is 5.72. The van der Waals surface area contributed by atoms with Crippen molar-refractivity contribution in [1.82, 2.24) is 15.0 Å². The molecule has 0 saturated heterocycles. The van der Waals surface area contributed by atoms with Gasteiger partial charge in [-0.25, -0.2) is 19.3 Å². The maximum Gasteiger partial charge on any atom is 0.219 e. The van der Waals surface area contributed by atoms with E-state index in [0.29, 0.717) is 17.3 Å². The van der Waals surface area contributed by atoms with E-state index in [1.165, 1.54) is 18.5 Å². The quantitative estimate of drug-likeness (QED) is 0.799. The molecule has 0 atom stereocenters. The Balaban J connectivity index is 1.85. The molecule has 3 aromatic rings. The molecule has 0 bridgehead atoms. The molecule has 0 aliphatic heterocycles.